The first-order valence-corrected chi connectivity index (χ1v) is 12.1. The molecule has 0 saturated carbocycles. The molecule has 0 fully saturated rings. The van der Waals surface area contributed by atoms with Gasteiger partial charge < -0.3 is 14.6 Å². The van der Waals surface area contributed by atoms with Crippen LogP contribution in [0.1, 0.15) is 22.5 Å². The van der Waals surface area contributed by atoms with Gasteiger partial charge in [0.1, 0.15) is 12.4 Å². The molecule has 0 aliphatic carbocycles. The Kier molecular flexibility index (Phi) is 7.97. The fourth-order valence-corrected chi connectivity index (χ4v) is 4.09. The molecule has 0 aliphatic rings. The Hall–Kier alpha value is -4.17. The molecule has 3 aromatic carbocycles. The molecule has 0 bridgehead atoms. The zero-order valence-corrected chi connectivity index (χ0v) is 21.5. The molecule has 8 heteroatoms. The third-order valence-electron chi connectivity index (χ3n) is 5.47. The van der Waals surface area contributed by atoms with Crippen LogP contribution in [-0.4, -0.2) is 22.6 Å². The lowest BCUT2D eigenvalue weighted by atomic mass is 10.2. The van der Waals surface area contributed by atoms with E-state index in [0.717, 1.165) is 32.7 Å². The van der Waals surface area contributed by atoms with Crippen LogP contribution < -0.4 is 15.5 Å². The van der Waals surface area contributed by atoms with Crippen molar-refractivity contribution >= 4 is 39.6 Å². The molecule has 36 heavy (non-hydrogen) atoms. The molecule has 0 radical (unpaired) electrons. The van der Waals surface area contributed by atoms with Crippen LogP contribution in [0.3, 0.4) is 0 Å². The molecule has 1 heterocycles. The third kappa shape index (κ3) is 6.28. The minimum Gasteiger partial charge on any atom is -0.489 e. The fourth-order valence-electron chi connectivity index (χ4n) is 3.71. The van der Waals surface area contributed by atoms with Crippen molar-refractivity contribution in [1.29, 1.82) is 0 Å². The summed E-state index contributed by atoms with van der Waals surface area (Å²) < 4.78 is 8.81. The topological polar surface area (TPSA) is 84.7 Å². The van der Waals surface area contributed by atoms with Crippen LogP contribution in [0, 0.1) is 13.8 Å². The number of amides is 2. The molecule has 1 aromatic heterocycles. The number of nitrogens with one attached hydrogen (secondary N) is 2. The molecule has 0 spiro atoms. The zero-order valence-electron chi connectivity index (χ0n) is 19.9. The highest BCUT2D eigenvalue weighted by Gasteiger charge is 2.14. The van der Waals surface area contributed by atoms with Crippen LogP contribution in [0.2, 0.25) is 0 Å². The van der Waals surface area contributed by atoms with Gasteiger partial charge in [0, 0.05) is 32.8 Å². The van der Waals surface area contributed by atoms with Crippen LogP contribution in [0.25, 0.3) is 5.69 Å². The van der Waals surface area contributed by atoms with Gasteiger partial charge in [0.2, 0.25) is 0 Å². The van der Waals surface area contributed by atoms with Gasteiger partial charge in [-0.2, -0.15) is 5.10 Å². The minimum atomic E-state index is -0.864. The largest absolute Gasteiger partial charge is 0.489 e. The van der Waals surface area contributed by atoms with Crippen molar-refractivity contribution in [2.45, 2.75) is 20.5 Å². The molecule has 0 unspecified atom stereocenters. The quantitative estimate of drug-likeness (QED) is 0.182. The lowest BCUT2D eigenvalue weighted by Gasteiger charge is -2.09. The second-order valence-electron chi connectivity index (χ2n) is 8.09. The normalized spacial score (nSPS) is 10.9. The van der Waals surface area contributed by atoms with Gasteiger partial charge in [-0.25, -0.2) is 5.43 Å². The monoisotopic (exact) mass is 544 g/mol. The number of halogens is 1. The van der Waals surface area contributed by atoms with Crippen LogP contribution in [0.4, 0.5) is 5.69 Å². The number of hydrogen-bond acceptors (Lipinski definition) is 4. The maximum atomic E-state index is 12.3. The van der Waals surface area contributed by atoms with E-state index < -0.39 is 11.8 Å². The maximum absolute atomic E-state index is 12.3. The first-order valence-electron chi connectivity index (χ1n) is 11.3. The Morgan fingerprint density at radius 2 is 1.69 bits per heavy atom. The molecule has 182 valence electrons. The summed E-state index contributed by atoms with van der Waals surface area (Å²) in [5.41, 5.74) is 7.64. The second-order valence-corrected chi connectivity index (χ2v) is 9.01. The Bertz CT molecular complexity index is 1400. The van der Waals surface area contributed by atoms with Gasteiger partial charge in [-0.1, -0.05) is 52.3 Å². The fraction of sp³-hybridized carbons (Fsp3) is 0.107. The van der Waals surface area contributed by atoms with Crippen molar-refractivity contribution in [2.24, 2.45) is 5.10 Å². The third-order valence-corrected chi connectivity index (χ3v) is 5.97. The lowest BCUT2D eigenvalue weighted by molar-refractivity contribution is -0.136. The lowest BCUT2D eigenvalue weighted by Crippen LogP contribution is -2.32. The van der Waals surface area contributed by atoms with E-state index in [-0.39, 0.29) is 0 Å². The number of anilines is 1. The molecule has 4 rings (SSSR count). The van der Waals surface area contributed by atoms with Crippen LogP contribution >= 0.6 is 15.9 Å². The highest BCUT2D eigenvalue weighted by molar-refractivity contribution is 9.10. The predicted octanol–water partition coefficient (Wildman–Crippen LogP) is 5.52. The summed E-state index contributed by atoms with van der Waals surface area (Å²) >= 11 is 3.50. The smallest absolute Gasteiger partial charge is 0.329 e. The van der Waals surface area contributed by atoms with Crippen molar-refractivity contribution in [3.63, 3.8) is 0 Å². The van der Waals surface area contributed by atoms with Gasteiger partial charge in [-0.15, -0.1) is 0 Å². The van der Waals surface area contributed by atoms with E-state index in [1.165, 1.54) is 6.21 Å². The Morgan fingerprint density at radius 1 is 0.944 bits per heavy atom. The molecule has 0 saturated heterocycles. The van der Waals surface area contributed by atoms with E-state index >= 15 is 0 Å². The van der Waals surface area contributed by atoms with Crippen LogP contribution in [0.5, 0.6) is 5.75 Å². The van der Waals surface area contributed by atoms with Crippen molar-refractivity contribution in [2.75, 3.05) is 5.32 Å². The number of carbonyl (C=O) groups is 2. The zero-order chi connectivity index (χ0) is 25.5. The van der Waals surface area contributed by atoms with E-state index in [0.29, 0.717) is 18.0 Å². The van der Waals surface area contributed by atoms with Gasteiger partial charge in [0.15, 0.2) is 0 Å². The van der Waals surface area contributed by atoms with Crippen molar-refractivity contribution in [1.82, 2.24) is 9.99 Å². The second kappa shape index (κ2) is 11.5. The van der Waals surface area contributed by atoms with Gasteiger partial charge in [0.05, 0.1) is 6.21 Å². The first kappa shape index (κ1) is 24.9. The summed E-state index contributed by atoms with van der Waals surface area (Å²) in [4.78, 5) is 24.5. The predicted molar refractivity (Wildman–Crippen MR) is 145 cm³/mol. The number of benzene rings is 3. The summed E-state index contributed by atoms with van der Waals surface area (Å²) in [6, 6.07) is 26.6. The van der Waals surface area contributed by atoms with E-state index in [1.807, 2.05) is 74.5 Å². The van der Waals surface area contributed by atoms with E-state index in [4.69, 9.17) is 4.74 Å². The summed E-state index contributed by atoms with van der Waals surface area (Å²) in [5, 5.41) is 6.52. The van der Waals surface area contributed by atoms with Gasteiger partial charge >= 0.3 is 11.8 Å². The van der Waals surface area contributed by atoms with Gasteiger partial charge in [-0.3, -0.25) is 9.59 Å². The summed E-state index contributed by atoms with van der Waals surface area (Å²) in [6.07, 6.45) is 1.53. The van der Waals surface area contributed by atoms with Gasteiger partial charge in [0.25, 0.3) is 0 Å². The number of nitrogens with zero attached hydrogens (tertiary/aromatic N) is 2. The molecule has 7 nitrogen and oxygen atoms in total. The van der Waals surface area contributed by atoms with E-state index in [2.05, 4.69) is 36.3 Å². The number of rotatable bonds is 7. The number of hydrogen-bond donors (Lipinski definition) is 2. The Morgan fingerprint density at radius 3 is 2.42 bits per heavy atom. The summed E-state index contributed by atoms with van der Waals surface area (Å²) in [5.74, 6) is -1.02. The average molecular weight is 545 g/mol. The Labute approximate surface area is 217 Å². The molecular formula is C28H25BrN4O3. The minimum absolute atomic E-state index is 0.443. The molecule has 0 atom stereocenters. The summed E-state index contributed by atoms with van der Waals surface area (Å²) in [7, 11) is 0. The van der Waals surface area contributed by atoms with Crippen LogP contribution in [0.15, 0.2) is 94.5 Å². The van der Waals surface area contributed by atoms with E-state index in [1.54, 1.807) is 24.3 Å². The highest BCUT2D eigenvalue weighted by atomic mass is 79.9. The SMILES string of the molecule is Cc1cc(/C=N\NC(=O)C(=O)Nc2ccc(OCc3ccccc3)cc2)c(C)n1-c1cccc(Br)c1. The molecular weight excluding hydrogens is 520 g/mol. The first-order chi connectivity index (χ1) is 17.4. The number of hydrazone groups is 1. The van der Waals surface area contributed by atoms with Crippen molar-refractivity contribution < 1.29 is 14.3 Å². The summed E-state index contributed by atoms with van der Waals surface area (Å²) in [6.45, 7) is 4.41. The number of aromatic nitrogens is 1. The average Bonchev–Trinajstić information content (AvgIpc) is 3.16. The number of aryl methyl sites for hydroxylation is 1. The standard InChI is InChI=1S/C28H25BrN4O3/c1-19-15-22(20(2)33(19)25-10-6-9-23(29)16-25)17-30-32-28(35)27(34)31-24-11-13-26(14-12-24)36-18-21-7-4-3-5-8-21/h3-17H,18H2,1-2H3,(H,31,34)(H,32,35)/b30-17-. The number of carbonyl (C=O) groups excluding carboxylic acids is 2. The molecule has 2 N–H and O–H groups in total. The van der Waals surface area contributed by atoms with Crippen molar-refractivity contribution in [3.8, 4) is 11.4 Å². The highest BCUT2D eigenvalue weighted by Crippen LogP contribution is 2.22. The molecule has 2 amide bonds. The number of ether oxygens (including phenoxy) is 1. The Balaban J connectivity index is 1.31. The molecule has 0 aliphatic heterocycles. The molecule has 4 aromatic rings. The van der Waals surface area contributed by atoms with Crippen molar-refractivity contribution in [3.05, 3.63) is 112 Å². The van der Waals surface area contributed by atoms with Crippen LogP contribution in [-0.2, 0) is 16.2 Å². The van der Waals surface area contributed by atoms with E-state index in [9.17, 15) is 9.59 Å². The van der Waals surface area contributed by atoms with Gasteiger partial charge in [-0.05, 0) is 67.9 Å². The maximum Gasteiger partial charge on any atom is 0.329 e.